The number of anilines is 1. The monoisotopic (exact) mass is 393 g/mol. The van der Waals surface area contributed by atoms with Gasteiger partial charge in [-0.25, -0.2) is 0 Å². The van der Waals surface area contributed by atoms with Gasteiger partial charge in [0.25, 0.3) is 0 Å². The molecule has 2 heterocycles. The zero-order chi connectivity index (χ0) is 19.7. The number of hydrogen-bond acceptors (Lipinski definition) is 5. The van der Waals surface area contributed by atoms with Crippen molar-refractivity contribution >= 4 is 33.2 Å². The average molecular weight is 394 g/mol. The summed E-state index contributed by atoms with van der Waals surface area (Å²) in [4.78, 5) is 15.8. The molecular formula is C22H23N3O2S. The van der Waals surface area contributed by atoms with Crippen molar-refractivity contribution in [3.8, 4) is 6.07 Å². The average Bonchev–Trinajstić information content (AvgIpc) is 3.39. The molecule has 0 radical (unpaired) electrons. The number of aryl methyl sites for hydroxylation is 1. The molecule has 0 spiro atoms. The highest BCUT2D eigenvalue weighted by atomic mass is 32.1. The molecule has 0 aliphatic heterocycles. The highest BCUT2D eigenvalue weighted by Gasteiger charge is 2.23. The number of hydrogen-bond donors (Lipinski definition) is 1. The molecule has 1 atom stereocenters. The summed E-state index contributed by atoms with van der Waals surface area (Å²) in [5.74, 6) is 0.839. The van der Waals surface area contributed by atoms with E-state index < -0.39 is 0 Å². The maximum Gasteiger partial charge on any atom is 0.226 e. The van der Waals surface area contributed by atoms with Gasteiger partial charge in [-0.15, -0.1) is 11.3 Å². The van der Waals surface area contributed by atoms with E-state index in [2.05, 4.69) is 29.3 Å². The van der Waals surface area contributed by atoms with E-state index in [-0.39, 0.29) is 11.9 Å². The van der Waals surface area contributed by atoms with Gasteiger partial charge in [-0.2, -0.15) is 5.26 Å². The fourth-order valence-corrected chi connectivity index (χ4v) is 4.95. The minimum Gasteiger partial charge on any atom is -0.459 e. The molecule has 5 nitrogen and oxygen atoms in total. The third kappa shape index (κ3) is 3.56. The molecule has 1 N–H and O–H groups in total. The van der Waals surface area contributed by atoms with Crippen molar-refractivity contribution in [1.82, 2.24) is 4.90 Å². The van der Waals surface area contributed by atoms with Crippen LogP contribution in [0.5, 0.6) is 0 Å². The third-order valence-corrected chi connectivity index (χ3v) is 6.70. The van der Waals surface area contributed by atoms with E-state index in [1.807, 2.05) is 31.3 Å². The number of benzene rings is 1. The summed E-state index contributed by atoms with van der Waals surface area (Å²) < 4.78 is 5.94. The number of carbonyl (C=O) groups is 1. The van der Waals surface area contributed by atoms with E-state index in [4.69, 9.17) is 4.42 Å². The van der Waals surface area contributed by atoms with Gasteiger partial charge >= 0.3 is 0 Å². The zero-order valence-corrected chi connectivity index (χ0v) is 16.9. The Morgan fingerprint density at radius 2 is 2.21 bits per heavy atom. The van der Waals surface area contributed by atoms with Crippen molar-refractivity contribution in [1.29, 1.82) is 5.26 Å². The lowest BCUT2D eigenvalue weighted by molar-refractivity contribution is -0.116. The number of nitriles is 1. The van der Waals surface area contributed by atoms with Crippen LogP contribution in [0.15, 0.2) is 34.7 Å². The van der Waals surface area contributed by atoms with E-state index >= 15 is 0 Å². The first-order valence-electron chi connectivity index (χ1n) is 9.60. The van der Waals surface area contributed by atoms with Gasteiger partial charge in [-0.3, -0.25) is 9.69 Å². The normalized spacial score (nSPS) is 14.2. The Morgan fingerprint density at radius 1 is 1.39 bits per heavy atom. The number of para-hydroxylation sites is 1. The maximum absolute atomic E-state index is 12.4. The molecule has 4 rings (SSSR count). The van der Waals surface area contributed by atoms with Gasteiger partial charge in [0.2, 0.25) is 5.91 Å². The Morgan fingerprint density at radius 3 is 3.00 bits per heavy atom. The van der Waals surface area contributed by atoms with Gasteiger partial charge in [-0.1, -0.05) is 18.2 Å². The second-order valence-electron chi connectivity index (χ2n) is 7.31. The first-order valence-corrected chi connectivity index (χ1v) is 10.4. The molecule has 0 bridgehead atoms. The lowest BCUT2D eigenvalue weighted by Gasteiger charge is -2.22. The van der Waals surface area contributed by atoms with Crippen LogP contribution in [0.4, 0.5) is 5.00 Å². The molecule has 0 saturated carbocycles. The zero-order valence-electron chi connectivity index (χ0n) is 16.1. The standard InChI is InChI=1S/C22H23N3O2S/c1-14(19-12-15-6-3-4-8-18(15)27-19)25(2)11-10-21(26)24-22-17(13-23)16-7-5-9-20(16)28-22/h3-4,6,8,12,14H,5,7,9-11H2,1-2H3,(H,24,26). The number of carbonyl (C=O) groups excluding carboxylic acids is 1. The number of fused-ring (bicyclic) bond motifs is 2. The fraction of sp³-hybridized carbons (Fsp3) is 0.364. The van der Waals surface area contributed by atoms with Gasteiger partial charge < -0.3 is 9.73 Å². The summed E-state index contributed by atoms with van der Waals surface area (Å²) in [6, 6.07) is 12.4. The highest BCUT2D eigenvalue weighted by Crippen LogP contribution is 2.38. The van der Waals surface area contributed by atoms with Crippen LogP contribution in [-0.2, 0) is 17.6 Å². The molecule has 1 aliphatic rings. The maximum atomic E-state index is 12.4. The van der Waals surface area contributed by atoms with Crippen LogP contribution < -0.4 is 5.32 Å². The molecule has 3 aromatic rings. The van der Waals surface area contributed by atoms with Gasteiger partial charge in [0.15, 0.2) is 0 Å². The quantitative estimate of drug-likeness (QED) is 0.648. The second kappa shape index (κ2) is 7.78. The van der Waals surface area contributed by atoms with Crippen LogP contribution in [0.2, 0.25) is 0 Å². The van der Waals surface area contributed by atoms with Gasteiger partial charge in [0, 0.05) is 23.2 Å². The summed E-state index contributed by atoms with van der Waals surface area (Å²) in [5, 5.41) is 14.2. The fourth-order valence-electron chi connectivity index (χ4n) is 3.70. The number of nitrogens with one attached hydrogen (secondary N) is 1. The van der Waals surface area contributed by atoms with Crippen molar-refractivity contribution in [3.63, 3.8) is 0 Å². The highest BCUT2D eigenvalue weighted by molar-refractivity contribution is 7.16. The van der Waals surface area contributed by atoms with E-state index in [0.29, 0.717) is 23.5 Å². The third-order valence-electron chi connectivity index (χ3n) is 5.50. The van der Waals surface area contributed by atoms with E-state index in [1.54, 1.807) is 11.3 Å². The lowest BCUT2D eigenvalue weighted by atomic mass is 10.1. The smallest absolute Gasteiger partial charge is 0.226 e. The Bertz CT molecular complexity index is 1030. The Balaban J connectivity index is 1.36. The van der Waals surface area contributed by atoms with Crippen molar-refractivity contribution in [2.24, 2.45) is 0 Å². The molecule has 0 fully saturated rings. The molecule has 28 heavy (non-hydrogen) atoms. The van der Waals surface area contributed by atoms with Crippen LogP contribution in [-0.4, -0.2) is 24.4 Å². The molecule has 1 aromatic carbocycles. The summed E-state index contributed by atoms with van der Waals surface area (Å²) >= 11 is 1.56. The Kier molecular flexibility index (Phi) is 5.21. The van der Waals surface area contributed by atoms with Crippen molar-refractivity contribution in [2.45, 2.75) is 38.6 Å². The number of nitrogens with zero attached hydrogens (tertiary/aromatic N) is 2. The van der Waals surface area contributed by atoms with Crippen LogP contribution in [0.1, 0.15) is 47.6 Å². The first kappa shape index (κ1) is 18.7. The van der Waals surface area contributed by atoms with E-state index in [1.165, 1.54) is 4.88 Å². The van der Waals surface area contributed by atoms with E-state index in [0.717, 1.165) is 41.6 Å². The Labute approximate surface area is 168 Å². The summed E-state index contributed by atoms with van der Waals surface area (Å²) in [6.45, 7) is 2.68. The molecule has 0 saturated heterocycles. The number of amides is 1. The molecular weight excluding hydrogens is 370 g/mol. The predicted octanol–water partition coefficient (Wildman–Crippen LogP) is 4.88. The topological polar surface area (TPSA) is 69.3 Å². The van der Waals surface area contributed by atoms with E-state index in [9.17, 15) is 10.1 Å². The molecule has 2 aromatic heterocycles. The predicted molar refractivity (Wildman–Crippen MR) is 112 cm³/mol. The van der Waals surface area contributed by atoms with Crippen molar-refractivity contribution in [2.75, 3.05) is 18.9 Å². The molecule has 6 heteroatoms. The van der Waals surface area contributed by atoms with Gasteiger partial charge in [0.1, 0.15) is 22.4 Å². The molecule has 144 valence electrons. The lowest BCUT2D eigenvalue weighted by Crippen LogP contribution is -2.26. The van der Waals surface area contributed by atoms with Gasteiger partial charge in [0.05, 0.1) is 11.6 Å². The largest absolute Gasteiger partial charge is 0.459 e. The number of thiophene rings is 1. The second-order valence-corrected chi connectivity index (χ2v) is 8.42. The summed E-state index contributed by atoms with van der Waals surface area (Å²) in [7, 11) is 1.99. The Hall–Kier alpha value is -2.62. The number of furan rings is 1. The minimum atomic E-state index is -0.0555. The van der Waals surface area contributed by atoms with Crippen LogP contribution in [0.3, 0.4) is 0 Å². The minimum absolute atomic E-state index is 0.0555. The molecule has 1 aliphatic carbocycles. The first-order chi connectivity index (χ1) is 13.6. The van der Waals surface area contributed by atoms with Crippen molar-refractivity contribution in [3.05, 3.63) is 52.1 Å². The SMILES string of the molecule is CC(c1cc2ccccc2o1)N(C)CCC(=O)Nc1sc2c(c1C#N)CCC2. The van der Waals surface area contributed by atoms with Crippen LogP contribution >= 0.6 is 11.3 Å². The molecule has 1 amide bonds. The molecule has 1 unspecified atom stereocenters. The van der Waals surface area contributed by atoms with Gasteiger partial charge in [-0.05, 0) is 50.9 Å². The summed E-state index contributed by atoms with van der Waals surface area (Å²) in [5.41, 5.74) is 2.68. The number of rotatable bonds is 6. The van der Waals surface area contributed by atoms with Crippen LogP contribution in [0.25, 0.3) is 11.0 Å². The van der Waals surface area contributed by atoms with Crippen molar-refractivity contribution < 1.29 is 9.21 Å². The summed E-state index contributed by atoms with van der Waals surface area (Å²) in [6.07, 6.45) is 3.44. The van der Waals surface area contributed by atoms with Crippen LogP contribution in [0, 0.1) is 11.3 Å².